The van der Waals surface area contributed by atoms with E-state index >= 15 is 0 Å². The number of halogens is 3. The average Bonchev–Trinajstić information content (AvgIpc) is 3.60. The van der Waals surface area contributed by atoms with Crippen LogP contribution in [0.3, 0.4) is 0 Å². The summed E-state index contributed by atoms with van der Waals surface area (Å²) in [5, 5.41) is 12.7. The van der Waals surface area contributed by atoms with E-state index in [9.17, 15) is 22.8 Å². The fraction of sp³-hybridized carbons (Fsp3) is 0.200. The molecular formula is C30H27F3N6O4S. The number of thiophene rings is 1. The number of nitrogens with zero attached hydrogens (tertiary/aromatic N) is 4. The normalized spacial score (nSPS) is 12.2. The quantitative estimate of drug-likeness (QED) is 0.163. The predicted molar refractivity (Wildman–Crippen MR) is 160 cm³/mol. The molecule has 3 aromatic heterocycles. The van der Waals surface area contributed by atoms with Crippen molar-refractivity contribution >= 4 is 40.2 Å². The number of hydrogen-bond acceptors (Lipinski definition) is 7. The van der Waals surface area contributed by atoms with Gasteiger partial charge in [0.2, 0.25) is 0 Å². The number of rotatable bonds is 10. The van der Waals surface area contributed by atoms with Gasteiger partial charge in [-0.25, -0.2) is 14.8 Å². The molecule has 3 heterocycles. The standard InChI is InChI=1S/C30H27F3N6O4S/c1-17(20-5-3-4-6-21(20)30(31,32)33)43-24-15-26(44-27(24)28(34)40)39-16-37-22-13-18(7-8-23(22)39)19-9-10-35-25(14-19)36-11-12-38(2)29(41)42/h3-10,13-17H,11-12H2,1-2H3,(H2,34,40)(H,35,36)(H,41,42)/t17-/m1/s1. The second-order valence-corrected chi connectivity index (χ2v) is 10.9. The van der Waals surface area contributed by atoms with E-state index in [-0.39, 0.29) is 22.7 Å². The second kappa shape index (κ2) is 12.2. The molecule has 0 radical (unpaired) electrons. The number of aromatic nitrogens is 3. The highest BCUT2D eigenvalue weighted by Gasteiger charge is 2.35. The predicted octanol–water partition coefficient (Wildman–Crippen LogP) is 6.43. The van der Waals surface area contributed by atoms with Crippen molar-refractivity contribution in [3.05, 3.63) is 89.2 Å². The number of carbonyl (C=O) groups excluding carboxylic acids is 1. The lowest BCUT2D eigenvalue weighted by molar-refractivity contribution is -0.139. The summed E-state index contributed by atoms with van der Waals surface area (Å²) in [6.45, 7) is 2.16. The lowest BCUT2D eigenvalue weighted by atomic mass is 10.0. The summed E-state index contributed by atoms with van der Waals surface area (Å²) in [6, 6.07) is 16.0. The molecule has 228 valence electrons. The van der Waals surface area contributed by atoms with Crippen molar-refractivity contribution in [1.82, 2.24) is 19.4 Å². The van der Waals surface area contributed by atoms with Gasteiger partial charge >= 0.3 is 12.3 Å². The van der Waals surface area contributed by atoms with Crippen LogP contribution in [-0.4, -0.2) is 56.7 Å². The van der Waals surface area contributed by atoms with E-state index in [0.29, 0.717) is 22.9 Å². The van der Waals surface area contributed by atoms with E-state index in [1.807, 2.05) is 30.3 Å². The number of likely N-dealkylation sites (N-methyl/N-ethyl adjacent to an activating group) is 1. The highest BCUT2D eigenvalue weighted by molar-refractivity contribution is 7.16. The first-order chi connectivity index (χ1) is 20.9. The number of ether oxygens (including phenoxy) is 1. The Morgan fingerprint density at radius 1 is 1.11 bits per heavy atom. The van der Waals surface area contributed by atoms with Crippen LogP contribution >= 0.6 is 11.3 Å². The number of carbonyl (C=O) groups is 2. The van der Waals surface area contributed by atoms with E-state index in [0.717, 1.165) is 34.0 Å². The summed E-state index contributed by atoms with van der Waals surface area (Å²) >= 11 is 1.05. The largest absolute Gasteiger partial charge is 0.484 e. The third-order valence-corrected chi connectivity index (χ3v) is 8.00. The summed E-state index contributed by atoms with van der Waals surface area (Å²) in [7, 11) is 1.49. The Hall–Kier alpha value is -5.11. The van der Waals surface area contributed by atoms with Gasteiger partial charge in [-0.05, 0) is 48.4 Å². The van der Waals surface area contributed by atoms with Crippen LogP contribution in [-0.2, 0) is 6.18 Å². The minimum absolute atomic E-state index is 0.0640. The topological polar surface area (TPSA) is 136 Å². The maximum atomic E-state index is 13.6. The Bertz CT molecular complexity index is 1840. The van der Waals surface area contributed by atoms with Crippen molar-refractivity contribution < 1.29 is 32.6 Å². The van der Waals surface area contributed by atoms with Crippen LogP contribution in [0.4, 0.5) is 23.8 Å². The van der Waals surface area contributed by atoms with Crippen LogP contribution in [0.2, 0.25) is 0 Å². The number of primary amides is 1. The lowest BCUT2D eigenvalue weighted by Gasteiger charge is -2.19. The number of alkyl halides is 3. The molecule has 4 N–H and O–H groups in total. The molecule has 0 spiro atoms. The molecule has 0 unspecified atom stereocenters. The van der Waals surface area contributed by atoms with E-state index in [1.54, 1.807) is 23.2 Å². The Morgan fingerprint density at radius 3 is 2.59 bits per heavy atom. The van der Waals surface area contributed by atoms with E-state index in [1.165, 1.54) is 37.1 Å². The first kappa shape index (κ1) is 30.4. The van der Waals surface area contributed by atoms with Gasteiger partial charge in [-0.3, -0.25) is 9.36 Å². The van der Waals surface area contributed by atoms with E-state index < -0.39 is 29.8 Å². The number of imidazole rings is 1. The van der Waals surface area contributed by atoms with Crippen LogP contribution in [0, 0.1) is 0 Å². The molecule has 0 fully saturated rings. The van der Waals surface area contributed by atoms with Crippen molar-refractivity contribution in [2.75, 3.05) is 25.5 Å². The Morgan fingerprint density at radius 2 is 1.86 bits per heavy atom. The fourth-order valence-corrected chi connectivity index (χ4v) is 5.55. The fourth-order valence-electron chi connectivity index (χ4n) is 4.63. The molecule has 5 rings (SSSR count). The zero-order valence-corrected chi connectivity index (χ0v) is 24.3. The van der Waals surface area contributed by atoms with Crippen LogP contribution < -0.4 is 15.8 Å². The molecule has 0 saturated heterocycles. The number of pyridine rings is 1. The number of nitrogens with one attached hydrogen (secondary N) is 1. The Balaban J connectivity index is 1.39. The van der Waals surface area contributed by atoms with Gasteiger partial charge in [0.05, 0.1) is 16.6 Å². The van der Waals surface area contributed by atoms with Gasteiger partial charge in [-0.15, -0.1) is 11.3 Å². The third kappa shape index (κ3) is 6.44. The Labute approximate surface area is 253 Å². The molecule has 0 aliphatic rings. The summed E-state index contributed by atoms with van der Waals surface area (Å²) in [5.41, 5.74) is 7.83. The third-order valence-electron chi connectivity index (χ3n) is 6.87. The monoisotopic (exact) mass is 624 g/mol. The molecule has 0 saturated carbocycles. The average molecular weight is 625 g/mol. The number of nitrogens with two attached hydrogens (primary N) is 1. The maximum Gasteiger partial charge on any atom is 0.416 e. The number of carboxylic acid groups (broad SMARTS) is 1. The highest BCUT2D eigenvalue weighted by Crippen LogP contribution is 2.39. The summed E-state index contributed by atoms with van der Waals surface area (Å²) < 4.78 is 48.4. The molecule has 2 aromatic carbocycles. The molecule has 0 aliphatic heterocycles. The zero-order chi connectivity index (χ0) is 31.6. The molecule has 10 nitrogen and oxygen atoms in total. The lowest BCUT2D eigenvalue weighted by Crippen LogP contribution is -2.29. The molecule has 5 aromatic rings. The Kier molecular flexibility index (Phi) is 8.45. The minimum atomic E-state index is -4.57. The molecule has 1 atom stereocenters. The smallest absolute Gasteiger partial charge is 0.416 e. The van der Waals surface area contributed by atoms with Gasteiger partial charge in [-0.1, -0.05) is 24.3 Å². The van der Waals surface area contributed by atoms with Gasteiger partial charge in [0, 0.05) is 38.0 Å². The van der Waals surface area contributed by atoms with Crippen molar-refractivity contribution in [2.45, 2.75) is 19.2 Å². The van der Waals surface area contributed by atoms with Crippen molar-refractivity contribution in [3.63, 3.8) is 0 Å². The van der Waals surface area contributed by atoms with Gasteiger partial charge in [0.15, 0.2) is 0 Å². The van der Waals surface area contributed by atoms with Crippen LogP contribution in [0.15, 0.2) is 73.2 Å². The summed E-state index contributed by atoms with van der Waals surface area (Å²) in [5.74, 6) is -0.105. The number of anilines is 1. The molecule has 14 heteroatoms. The van der Waals surface area contributed by atoms with Crippen molar-refractivity contribution in [2.24, 2.45) is 5.73 Å². The summed E-state index contributed by atoms with van der Waals surface area (Å²) in [4.78, 5) is 33.3. The van der Waals surface area contributed by atoms with E-state index in [4.69, 9.17) is 15.6 Å². The zero-order valence-electron chi connectivity index (χ0n) is 23.5. The SMILES string of the molecule is C[C@@H](Oc1cc(-n2cnc3cc(-c4ccnc(NCCN(C)C(=O)O)c4)ccc32)sc1C(N)=O)c1ccccc1C(F)(F)F. The van der Waals surface area contributed by atoms with E-state index in [2.05, 4.69) is 15.3 Å². The summed E-state index contributed by atoms with van der Waals surface area (Å²) in [6.07, 6.45) is -3.38. The van der Waals surface area contributed by atoms with Crippen LogP contribution in [0.5, 0.6) is 5.75 Å². The van der Waals surface area contributed by atoms with Crippen molar-refractivity contribution in [3.8, 4) is 21.9 Å². The van der Waals surface area contributed by atoms with Gasteiger partial charge in [-0.2, -0.15) is 13.2 Å². The molecule has 44 heavy (non-hydrogen) atoms. The first-order valence-electron chi connectivity index (χ1n) is 13.3. The molecular weight excluding hydrogens is 597 g/mol. The number of benzene rings is 2. The number of fused-ring (bicyclic) bond motifs is 1. The molecule has 0 bridgehead atoms. The molecule has 2 amide bonds. The second-order valence-electron chi connectivity index (χ2n) is 9.87. The van der Waals surface area contributed by atoms with Gasteiger partial charge < -0.3 is 25.8 Å². The van der Waals surface area contributed by atoms with Crippen LogP contribution in [0.25, 0.3) is 27.2 Å². The number of amides is 2. The first-order valence-corrected chi connectivity index (χ1v) is 14.1. The minimum Gasteiger partial charge on any atom is -0.484 e. The molecule has 0 aliphatic carbocycles. The highest BCUT2D eigenvalue weighted by atomic mass is 32.1. The van der Waals surface area contributed by atoms with Gasteiger partial charge in [0.1, 0.15) is 33.9 Å². The number of hydrogen-bond donors (Lipinski definition) is 3. The van der Waals surface area contributed by atoms with Crippen molar-refractivity contribution in [1.29, 1.82) is 0 Å². The maximum absolute atomic E-state index is 13.6. The van der Waals surface area contributed by atoms with Gasteiger partial charge in [0.25, 0.3) is 5.91 Å². The van der Waals surface area contributed by atoms with Crippen LogP contribution in [0.1, 0.15) is 33.8 Å².